The molecule has 4 heteroatoms. The second-order valence-electron chi connectivity index (χ2n) is 6.39. The lowest BCUT2D eigenvalue weighted by Crippen LogP contribution is -2.40. The highest BCUT2D eigenvalue weighted by molar-refractivity contribution is 5.76. The van der Waals surface area contributed by atoms with Crippen LogP contribution in [0.15, 0.2) is 0 Å². The lowest BCUT2D eigenvalue weighted by Gasteiger charge is -2.30. The number of amides is 1. The average Bonchev–Trinajstić information content (AvgIpc) is 2.27. The number of rotatable bonds is 5. The van der Waals surface area contributed by atoms with E-state index in [1.807, 2.05) is 0 Å². The molecule has 3 N–H and O–H groups in total. The fourth-order valence-corrected chi connectivity index (χ4v) is 2.74. The molecule has 0 bridgehead atoms. The molecule has 18 heavy (non-hydrogen) atoms. The Bertz CT molecular complexity index is 265. The summed E-state index contributed by atoms with van der Waals surface area (Å²) in [6.45, 7) is 4.62. The Kier molecular flexibility index (Phi) is 5.60. The molecule has 0 saturated heterocycles. The Morgan fingerprint density at radius 1 is 1.28 bits per heavy atom. The molecule has 0 spiro atoms. The number of likely N-dealkylation sites (N-methyl/N-ethyl adjacent to an activating group) is 1. The van der Waals surface area contributed by atoms with Crippen molar-refractivity contribution in [1.29, 1.82) is 0 Å². The standard InChI is InChI=1S/C14H28N2O2/c1-14(2,18)10-16(3)13(17)8-11-4-6-12(9-15)7-5-11/h11-12,18H,4-10,15H2,1-3H3. The van der Waals surface area contributed by atoms with E-state index >= 15 is 0 Å². The van der Waals surface area contributed by atoms with Crippen LogP contribution in [0.2, 0.25) is 0 Å². The largest absolute Gasteiger partial charge is 0.389 e. The van der Waals surface area contributed by atoms with Crippen LogP contribution in [0.25, 0.3) is 0 Å². The summed E-state index contributed by atoms with van der Waals surface area (Å²) in [6.07, 6.45) is 5.16. The van der Waals surface area contributed by atoms with Crippen LogP contribution in [-0.4, -0.2) is 41.7 Å². The topological polar surface area (TPSA) is 66.6 Å². The van der Waals surface area contributed by atoms with Gasteiger partial charge in [-0.2, -0.15) is 0 Å². The Balaban J connectivity index is 2.32. The van der Waals surface area contributed by atoms with Crippen molar-refractivity contribution in [3.63, 3.8) is 0 Å². The average molecular weight is 256 g/mol. The first kappa shape index (κ1) is 15.4. The van der Waals surface area contributed by atoms with Gasteiger partial charge >= 0.3 is 0 Å². The van der Waals surface area contributed by atoms with Crippen LogP contribution >= 0.6 is 0 Å². The van der Waals surface area contributed by atoms with Crippen molar-refractivity contribution in [2.45, 2.75) is 51.6 Å². The molecule has 4 nitrogen and oxygen atoms in total. The van der Waals surface area contributed by atoms with Gasteiger partial charge in [-0.15, -0.1) is 0 Å². The molecule has 1 aliphatic rings. The molecule has 0 aromatic heterocycles. The lowest BCUT2D eigenvalue weighted by molar-refractivity contribution is -0.133. The van der Waals surface area contributed by atoms with E-state index in [0.717, 1.165) is 32.2 Å². The van der Waals surface area contributed by atoms with Crippen molar-refractivity contribution in [3.05, 3.63) is 0 Å². The van der Waals surface area contributed by atoms with E-state index in [1.54, 1.807) is 25.8 Å². The van der Waals surface area contributed by atoms with Crippen molar-refractivity contribution < 1.29 is 9.90 Å². The molecule has 0 aromatic rings. The van der Waals surface area contributed by atoms with Gasteiger partial charge in [-0.05, 0) is 57.9 Å². The van der Waals surface area contributed by atoms with Crippen molar-refractivity contribution >= 4 is 5.91 Å². The maximum atomic E-state index is 12.0. The smallest absolute Gasteiger partial charge is 0.222 e. The van der Waals surface area contributed by atoms with Crippen LogP contribution in [0, 0.1) is 11.8 Å². The van der Waals surface area contributed by atoms with Crippen LogP contribution in [0.3, 0.4) is 0 Å². The SMILES string of the molecule is CN(CC(C)(C)O)C(=O)CC1CCC(CN)CC1. The molecular formula is C14H28N2O2. The van der Waals surface area contributed by atoms with Gasteiger partial charge in [0, 0.05) is 20.0 Å². The highest BCUT2D eigenvalue weighted by atomic mass is 16.3. The summed E-state index contributed by atoms with van der Waals surface area (Å²) in [6, 6.07) is 0. The van der Waals surface area contributed by atoms with Crippen LogP contribution in [0.4, 0.5) is 0 Å². The van der Waals surface area contributed by atoms with Crippen LogP contribution in [0.5, 0.6) is 0 Å². The minimum atomic E-state index is -0.818. The minimum Gasteiger partial charge on any atom is -0.389 e. The quantitative estimate of drug-likeness (QED) is 0.781. The van der Waals surface area contributed by atoms with Gasteiger partial charge in [-0.3, -0.25) is 4.79 Å². The molecule has 0 aliphatic heterocycles. The van der Waals surface area contributed by atoms with Crippen LogP contribution in [0.1, 0.15) is 46.0 Å². The maximum absolute atomic E-state index is 12.0. The Morgan fingerprint density at radius 2 is 1.78 bits per heavy atom. The van der Waals surface area contributed by atoms with Crippen molar-refractivity contribution in [1.82, 2.24) is 4.90 Å². The molecule has 106 valence electrons. The number of carbonyl (C=O) groups excluding carboxylic acids is 1. The van der Waals surface area contributed by atoms with Gasteiger partial charge in [0.25, 0.3) is 0 Å². The molecule has 0 unspecified atom stereocenters. The summed E-state index contributed by atoms with van der Waals surface area (Å²) in [7, 11) is 1.77. The second kappa shape index (κ2) is 6.53. The van der Waals surface area contributed by atoms with Gasteiger partial charge in [-0.25, -0.2) is 0 Å². The lowest BCUT2D eigenvalue weighted by atomic mass is 9.80. The maximum Gasteiger partial charge on any atom is 0.222 e. The molecule has 1 rings (SSSR count). The van der Waals surface area contributed by atoms with Gasteiger partial charge in [0.15, 0.2) is 0 Å². The second-order valence-corrected chi connectivity index (χ2v) is 6.39. The van der Waals surface area contributed by atoms with Gasteiger partial charge in [-0.1, -0.05) is 0 Å². The first-order valence-electron chi connectivity index (χ1n) is 6.98. The predicted octanol–water partition coefficient (Wildman–Crippen LogP) is 1.37. The summed E-state index contributed by atoms with van der Waals surface area (Å²) in [5.74, 6) is 1.31. The summed E-state index contributed by atoms with van der Waals surface area (Å²) in [5.41, 5.74) is 4.85. The van der Waals surface area contributed by atoms with E-state index in [1.165, 1.54) is 0 Å². The summed E-state index contributed by atoms with van der Waals surface area (Å²) in [5, 5.41) is 9.70. The zero-order valence-corrected chi connectivity index (χ0v) is 12.0. The number of carbonyl (C=O) groups is 1. The summed E-state index contributed by atoms with van der Waals surface area (Å²) < 4.78 is 0. The van der Waals surface area contributed by atoms with E-state index in [0.29, 0.717) is 24.8 Å². The van der Waals surface area contributed by atoms with Gasteiger partial charge in [0.2, 0.25) is 5.91 Å². The Hall–Kier alpha value is -0.610. The zero-order chi connectivity index (χ0) is 13.8. The van der Waals surface area contributed by atoms with E-state index in [2.05, 4.69) is 0 Å². The molecule has 1 amide bonds. The molecule has 0 aromatic carbocycles. The highest BCUT2D eigenvalue weighted by Crippen LogP contribution is 2.30. The Labute approximate surface area is 111 Å². The third kappa shape index (κ3) is 5.36. The monoisotopic (exact) mass is 256 g/mol. The van der Waals surface area contributed by atoms with E-state index in [-0.39, 0.29) is 5.91 Å². The minimum absolute atomic E-state index is 0.147. The first-order chi connectivity index (χ1) is 8.31. The molecular weight excluding hydrogens is 228 g/mol. The zero-order valence-electron chi connectivity index (χ0n) is 12.0. The van der Waals surface area contributed by atoms with Crippen LogP contribution < -0.4 is 5.73 Å². The molecule has 0 heterocycles. The number of hydrogen-bond donors (Lipinski definition) is 2. The molecule has 1 fully saturated rings. The van der Waals surface area contributed by atoms with Crippen molar-refractivity contribution in [3.8, 4) is 0 Å². The highest BCUT2D eigenvalue weighted by Gasteiger charge is 2.25. The molecule has 1 aliphatic carbocycles. The number of hydrogen-bond acceptors (Lipinski definition) is 3. The fourth-order valence-electron chi connectivity index (χ4n) is 2.74. The van der Waals surface area contributed by atoms with E-state index in [9.17, 15) is 9.90 Å². The number of nitrogens with two attached hydrogens (primary N) is 1. The summed E-state index contributed by atoms with van der Waals surface area (Å²) >= 11 is 0. The van der Waals surface area contributed by atoms with Gasteiger partial charge in [0.1, 0.15) is 0 Å². The Morgan fingerprint density at radius 3 is 2.22 bits per heavy atom. The molecule has 1 saturated carbocycles. The predicted molar refractivity (Wildman–Crippen MR) is 73.1 cm³/mol. The fraction of sp³-hybridized carbons (Fsp3) is 0.929. The number of aliphatic hydroxyl groups is 1. The van der Waals surface area contributed by atoms with Crippen molar-refractivity contribution in [2.75, 3.05) is 20.1 Å². The van der Waals surface area contributed by atoms with Gasteiger partial charge < -0.3 is 15.7 Å². The normalized spacial score (nSPS) is 24.9. The van der Waals surface area contributed by atoms with Gasteiger partial charge in [0.05, 0.1) is 5.60 Å². The van der Waals surface area contributed by atoms with E-state index < -0.39 is 5.60 Å². The van der Waals surface area contributed by atoms with E-state index in [4.69, 9.17) is 5.73 Å². The molecule has 0 radical (unpaired) electrons. The third-order valence-electron chi connectivity index (χ3n) is 3.81. The number of nitrogens with zero attached hydrogens (tertiary/aromatic N) is 1. The third-order valence-corrected chi connectivity index (χ3v) is 3.81. The van der Waals surface area contributed by atoms with Crippen LogP contribution in [-0.2, 0) is 4.79 Å². The first-order valence-corrected chi connectivity index (χ1v) is 6.98. The summed E-state index contributed by atoms with van der Waals surface area (Å²) in [4.78, 5) is 13.7. The van der Waals surface area contributed by atoms with Crippen molar-refractivity contribution in [2.24, 2.45) is 17.6 Å². The molecule has 0 atom stereocenters.